The second-order valence-electron chi connectivity index (χ2n) is 6.03. The summed E-state index contributed by atoms with van der Waals surface area (Å²) in [5, 5.41) is 18.9. The van der Waals surface area contributed by atoms with Crippen LogP contribution in [-0.2, 0) is 6.42 Å². The van der Waals surface area contributed by atoms with E-state index in [0.717, 1.165) is 0 Å². The Hall–Kier alpha value is -2.54. The standard InChI is InChI=1S/C18H16F3NO3/c19-15-12(7-4-8-13(15)11-5-2-1-3-6-11)9-14-16(23)18(20,21)10-22(14)17(24)25/h1-8,14,16,23H,9-10H2,(H,24,25)/t14-,16-/m0/s1. The van der Waals surface area contributed by atoms with E-state index in [-0.39, 0.29) is 12.0 Å². The van der Waals surface area contributed by atoms with Crippen molar-refractivity contribution < 1.29 is 28.2 Å². The Morgan fingerprint density at radius 2 is 1.84 bits per heavy atom. The summed E-state index contributed by atoms with van der Waals surface area (Å²) in [6.45, 7) is -1.10. The van der Waals surface area contributed by atoms with Crippen molar-refractivity contribution in [3.05, 3.63) is 59.9 Å². The molecular formula is C18H16F3NO3. The number of halogens is 3. The minimum absolute atomic E-state index is 0.0781. The van der Waals surface area contributed by atoms with Crippen molar-refractivity contribution >= 4 is 6.09 Å². The maximum atomic E-state index is 14.8. The van der Waals surface area contributed by atoms with E-state index in [4.69, 9.17) is 5.11 Å². The zero-order valence-electron chi connectivity index (χ0n) is 13.1. The molecule has 1 fully saturated rings. The second kappa shape index (κ2) is 6.40. The van der Waals surface area contributed by atoms with Crippen LogP contribution in [0.4, 0.5) is 18.0 Å². The van der Waals surface area contributed by atoms with Crippen molar-refractivity contribution in [1.29, 1.82) is 0 Å². The minimum Gasteiger partial charge on any atom is -0.465 e. The number of amides is 1. The number of carboxylic acid groups (broad SMARTS) is 1. The Morgan fingerprint density at radius 3 is 2.48 bits per heavy atom. The summed E-state index contributed by atoms with van der Waals surface area (Å²) >= 11 is 0. The molecule has 0 radical (unpaired) electrons. The summed E-state index contributed by atoms with van der Waals surface area (Å²) in [7, 11) is 0. The van der Waals surface area contributed by atoms with E-state index in [1.807, 2.05) is 0 Å². The van der Waals surface area contributed by atoms with E-state index in [0.29, 0.717) is 16.0 Å². The number of carbonyl (C=O) groups is 1. The van der Waals surface area contributed by atoms with Gasteiger partial charge in [0.25, 0.3) is 5.92 Å². The van der Waals surface area contributed by atoms with Crippen LogP contribution in [0.5, 0.6) is 0 Å². The van der Waals surface area contributed by atoms with Gasteiger partial charge in [0.1, 0.15) is 11.9 Å². The number of nitrogens with zero attached hydrogens (tertiary/aromatic N) is 1. The van der Waals surface area contributed by atoms with Crippen LogP contribution >= 0.6 is 0 Å². The van der Waals surface area contributed by atoms with Crippen LogP contribution in [-0.4, -0.2) is 45.8 Å². The molecule has 0 unspecified atom stereocenters. The van der Waals surface area contributed by atoms with E-state index in [1.54, 1.807) is 42.5 Å². The lowest BCUT2D eigenvalue weighted by Gasteiger charge is -2.23. The molecule has 132 valence electrons. The first-order valence-electron chi connectivity index (χ1n) is 7.69. The summed E-state index contributed by atoms with van der Waals surface area (Å²) in [5.74, 6) is -4.17. The molecule has 2 aromatic carbocycles. The number of hydrogen-bond donors (Lipinski definition) is 2. The molecule has 2 atom stereocenters. The largest absolute Gasteiger partial charge is 0.465 e. The van der Waals surface area contributed by atoms with Gasteiger partial charge in [-0.1, -0.05) is 48.5 Å². The summed E-state index contributed by atoms with van der Waals surface area (Å²) in [5.41, 5.74) is 0.989. The second-order valence-corrected chi connectivity index (χ2v) is 6.03. The van der Waals surface area contributed by atoms with Crippen molar-refractivity contribution in [3.63, 3.8) is 0 Å². The maximum Gasteiger partial charge on any atom is 0.407 e. The molecule has 2 aromatic rings. The van der Waals surface area contributed by atoms with Crippen LogP contribution < -0.4 is 0 Å². The van der Waals surface area contributed by atoms with Gasteiger partial charge < -0.3 is 10.2 Å². The SMILES string of the molecule is O=C(O)N1CC(F)(F)[C@@H](O)[C@@H]1Cc1cccc(-c2ccccc2)c1F. The quantitative estimate of drug-likeness (QED) is 0.891. The van der Waals surface area contributed by atoms with Crippen molar-refractivity contribution in [2.45, 2.75) is 24.5 Å². The van der Waals surface area contributed by atoms with E-state index in [2.05, 4.69) is 0 Å². The third-order valence-electron chi connectivity index (χ3n) is 4.42. The fourth-order valence-electron chi connectivity index (χ4n) is 3.12. The predicted molar refractivity (Wildman–Crippen MR) is 85.0 cm³/mol. The first kappa shape index (κ1) is 17.3. The zero-order valence-corrected chi connectivity index (χ0v) is 13.1. The smallest absolute Gasteiger partial charge is 0.407 e. The van der Waals surface area contributed by atoms with E-state index < -0.39 is 36.5 Å². The number of likely N-dealkylation sites (tertiary alicyclic amines) is 1. The highest BCUT2D eigenvalue weighted by Crippen LogP contribution is 2.35. The molecule has 0 aliphatic carbocycles. The molecule has 1 saturated heterocycles. The zero-order chi connectivity index (χ0) is 18.2. The van der Waals surface area contributed by atoms with Gasteiger partial charge in [0, 0.05) is 5.56 Å². The molecule has 0 bridgehead atoms. The Balaban J connectivity index is 1.94. The number of aliphatic hydroxyl groups is 1. The van der Waals surface area contributed by atoms with Gasteiger partial charge in [0.05, 0.1) is 12.6 Å². The normalized spacial score (nSPS) is 22.2. The van der Waals surface area contributed by atoms with Crippen LogP contribution in [0.15, 0.2) is 48.5 Å². The Kier molecular flexibility index (Phi) is 4.43. The first-order chi connectivity index (χ1) is 11.8. The van der Waals surface area contributed by atoms with Gasteiger partial charge in [-0.05, 0) is 17.5 Å². The third kappa shape index (κ3) is 3.19. The van der Waals surface area contributed by atoms with Crippen LogP contribution in [0.2, 0.25) is 0 Å². The predicted octanol–water partition coefficient (Wildman–Crippen LogP) is 3.39. The molecule has 0 aromatic heterocycles. The maximum absolute atomic E-state index is 14.8. The molecule has 1 heterocycles. The first-order valence-corrected chi connectivity index (χ1v) is 7.69. The average Bonchev–Trinajstić information content (AvgIpc) is 2.81. The van der Waals surface area contributed by atoms with Gasteiger partial charge in [-0.25, -0.2) is 18.0 Å². The lowest BCUT2D eigenvalue weighted by Crippen LogP contribution is -2.41. The summed E-state index contributed by atoms with van der Waals surface area (Å²) in [6.07, 6.45) is -4.08. The van der Waals surface area contributed by atoms with Crippen molar-refractivity contribution in [1.82, 2.24) is 4.90 Å². The highest BCUT2D eigenvalue weighted by Gasteiger charge is 2.55. The summed E-state index contributed by atoms with van der Waals surface area (Å²) < 4.78 is 42.2. The van der Waals surface area contributed by atoms with Gasteiger partial charge in [-0.3, -0.25) is 4.90 Å². The lowest BCUT2D eigenvalue weighted by atomic mass is 9.96. The molecule has 4 nitrogen and oxygen atoms in total. The van der Waals surface area contributed by atoms with Crippen LogP contribution in [0.3, 0.4) is 0 Å². The van der Waals surface area contributed by atoms with Gasteiger partial charge in [-0.15, -0.1) is 0 Å². The third-order valence-corrected chi connectivity index (χ3v) is 4.42. The molecule has 3 rings (SSSR count). The fraction of sp³-hybridized carbons (Fsp3) is 0.278. The molecule has 25 heavy (non-hydrogen) atoms. The highest BCUT2D eigenvalue weighted by atomic mass is 19.3. The Morgan fingerprint density at radius 1 is 1.16 bits per heavy atom. The van der Waals surface area contributed by atoms with Crippen molar-refractivity contribution in [2.75, 3.05) is 6.54 Å². The van der Waals surface area contributed by atoms with Gasteiger partial charge in [0.15, 0.2) is 0 Å². The van der Waals surface area contributed by atoms with Crippen LogP contribution in [0.25, 0.3) is 11.1 Å². The summed E-state index contributed by atoms with van der Waals surface area (Å²) in [6, 6.07) is 11.8. The molecular weight excluding hydrogens is 335 g/mol. The van der Waals surface area contributed by atoms with E-state index in [9.17, 15) is 23.1 Å². The molecule has 1 aliphatic rings. The van der Waals surface area contributed by atoms with E-state index in [1.165, 1.54) is 6.07 Å². The number of rotatable bonds is 3. The van der Waals surface area contributed by atoms with Gasteiger partial charge >= 0.3 is 6.09 Å². The molecule has 0 spiro atoms. The number of hydrogen-bond acceptors (Lipinski definition) is 2. The summed E-state index contributed by atoms with van der Waals surface area (Å²) in [4.78, 5) is 11.7. The van der Waals surface area contributed by atoms with Crippen molar-refractivity contribution in [3.8, 4) is 11.1 Å². The number of benzene rings is 2. The fourth-order valence-corrected chi connectivity index (χ4v) is 3.12. The molecule has 1 amide bonds. The Bertz CT molecular complexity index is 782. The van der Waals surface area contributed by atoms with Gasteiger partial charge in [0.2, 0.25) is 0 Å². The topological polar surface area (TPSA) is 60.8 Å². The lowest BCUT2D eigenvalue weighted by molar-refractivity contribution is -0.0806. The van der Waals surface area contributed by atoms with E-state index >= 15 is 0 Å². The molecule has 2 N–H and O–H groups in total. The van der Waals surface area contributed by atoms with Crippen molar-refractivity contribution in [2.24, 2.45) is 0 Å². The highest BCUT2D eigenvalue weighted by molar-refractivity contribution is 5.67. The molecule has 0 saturated carbocycles. The Labute approximate surface area is 142 Å². The number of alkyl halides is 2. The molecule has 1 aliphatic heterocycles. The monoisotopic (exact) mass is 351 g/mol. The number of aliphatic hydroxyl groups excluding tert-OH is 1. The average molecular weight is 351 g/mol. The van der Waals surface area contributed by atoms with Crippen LogP contribution in [0.1, 0.15) is 5.56 Å². The minimum atomic E-state index is -3.56. The van der Waals surface area contributed by atoms with Gasteiger partial charge in [-0.2, -0.15) is 0 Å². The molecule has 7 heteroatoms. The van der Waals surface area contributed by atoms with Crippen LogP contribution in [0, 0.1) is 5.82 Å².